The number of nitrogens with one attached hydrogen (secondary N) is 1. The van der Waals surface area contributed by atoms with Crippen molar-refractivity contribution >= 4 is 16.7 Å². The van der Waals surface area contributed by atoms with Crippen LogP contribution in [0.15, 0.2) is 84.9 Å². The van der Waals surface area contributed by atoms with E-state index in [0.29, 0.717) is 24.3 Å². The number of benzene rings is 4. The molecule has 0 spiro atoms. The third kappa shape index (κ3) is 5.34. The summed E-state index contributed by atoms with van der Waals surface area (Å²) in [5, 5.41) is 14.9. The SMILES string of the molecule is O=C(O)COc1ccc(F)c([C@@H]2C[C@H](CNCCc3cccc4ccccc34)Oc3ccccc32)c1. The first-order valence-electron chi connectivity index (χ1n) is 12.2. The number of hydrogen-bond donors (Lipinski definition) is 2. The molecule has 0 amide bonds. The van der Waals surface area contributed by atoms with Crippen molar-refractivity contribution < 1.29 is 23.8 Å². The van der Waals surface area contributed by atoms with Crippen LogP contribution in [0.4, 0.5) is 4.39 Å². The van der Waals surface area contributed by atoms with Crippen molar-refractivity contribution in [3.63, 3.8) is 0 Å². The number of carbonyl (C=O) groups is 1. The van der Waals surface area contributed by atoms with Crippen LogP contribution in [0.25, 0.3) is 10.8 Å². The Morgan fingerprint density at radius 1 is 1.00 bits per heavy atom. The second-order valence-electron chi connectivity index (χ2n) is 9.02. The maximum Gasteiger partial charge on any atom is 0.341 e. The highest BCUT2D eigenvalue weighted by Crippen LogP contribution is 2.42. The molecule has 0 aromatic heterocycles. The Balaban J connectivity index is 1.28. The molecule has 4 aromatic rings. The zero-order valence-corrected chi connectivity index (χ0v) is 19.8. The molecule has 0 fully saturated rings. The molecule has 2 atom stereocenters. The molecule has 1 aliphatic rings. The van der Waals surface area contributed by atoms with Crippen LogP contribution in [0.1, 0.15) is 29.0 Å². The van der Waals surface area contributed by atoms with Crippen molar-refractivity contribution in [1.29, 1.82) is 0 Å². The minimum absolute atomic E-state index is 0.139. The fraction of sp³-hybridized carbons (Fsp3) is 0.233. The lowest BCUT2D eigenvalue weighted by Crippen LogP contribution is -2.36. The van der Waals surface area contributed by atoms with Gasteiger partial charge in [0.25, 0.3) is 0 Å². The number of carboxylic acids is 1. The Bertz CT molecular complexity index is 1370. The van der Waals surface area contributed by atoms with E-state index >= 15 is 0 Å². The molecular formula is C30H28FNO4. The lowest BCUT2D eigenvalue weighted by Gasteiger charge is -2.33. The van der Waals surface area contributed by atoms with Crippen LogP contribution in [0.2, 0.25) is 0 Å². The maximum absolute atomic E-state index is 15.0. The number of carboxylic acid groups (broad SMARTS) is 1. The third-order valence-electron chi connectivity index (χ3n) is 6.61. The van der Waals surface area contributed by atoms with Gasteiger partial charge in [-0.25, -0.2) is 9.18 Å². The van der Waals surface area contributed by atoms with Gasteiger partial charge in [0.1, 0.15) is 23.4 Å². The van der Waals surface area contributed by atoms with E-state index in [1.54, 1.807) is 6.07 Å². The Kier molecular flexibility index (Phi) is 7.14. The summed E-state index contributed by atoms with van der Waals surface area (Å²) in [7, 11) is 0. The minimum atomic E-state index is -1.08. The second kappa shape index (κ2) is 10.8. The van der Waals surface area contributed by atoms with E-state index in [1.807, 2.05) is 24.3 Å². The molecule has 5 nitrogen and oxygen atoms in total. The first kappa shape index (κ1) is 23.8. The van der Waals surface area contributed by atoms with Gasteiger partial charge >= 0.3 is 5.97 Å². The molecule has 6 heteroatoms. The smallest absolute Gasteiger partial charge is 0.341 e. The highest BCUT2D eigenvalue weighted by atomic mass is 19.1. The van der Waals surface area contributed by atoms with Gasteiger partial charge in [0.15, 0.2) is 6.61 Å². The summed E-state index contributed by atoms with van der Waals surface area (Å²) in [5.74, 6) is -0.574. The lowest BCUT2D eigenvalue weighted by molar-refractivity contribution is -0.139. The summed E-state index contributed by atoms with van der Waals surface area (Å²) in [4.78, 5) is 10.9. The van der Waals surface area contributed by atoms with Crippen molar-refractivity contribution in [3.05, 3.63) is 107 Å². The van der Waals surface area contributed by atoms with Gasteiger partial charge in [-0.05, 0) is 65.6 Å². The fourth-order valence-electron chi connectivity index (χ4n) is 4.93. The van der Waals surface area contributed by atoms with Crippen LogP contribution in [0.3, 0.4) is 0 Å². The van der Waals surface area contributed by atoms with E-state index in [2.05, 4.69) is 47.8 Å². The maximum atomic E-state index is 15.0. The molecule has 0 bridgehead atoms. The molecule has 2 N–H and O–H groups in total. The van der Waals surface area contributed by atoms with Crippen LogP contribution in [-0.2, 0) is 11.2 Å². The number of rotatable bonds is 9. The second-order valence-corrected chi connectivity index (χ2v) is 9.02. The van der Waals surface area contributed by atoms with Crippen molar-refractivity contribution in [1.82, 2.24) is 5.32 Å². The number of ether oxygens (including phenoxy) is 2. The number of para-hydroxylation sites is 1. The van der Waals surface area contributed by atoms with Crippen LogP contribution in [0, 0.1) is 5.82 Å². The Labute approximate surface area is 209 Å². The first-order valence-corrected chi connectivity index (χ1v) is 12.2. The van der Waals surface area contributed by atoms with Gasteiger partial charge in [-0.2, -0.15) is 0 Å². The Morgan fingerprint density at radius 3 is 2.69 bits per heavy atom. The molecule has 0 unspecified atom stereocenters. The van der Waals surface area contributed by atoms with E-state index in [4.69, 9.17) is 14.6 Å². The summed E-state index contributed by atoms with van der Waals surface area (Å²) < 4.78 is 26.5. The summed E-state index contributed by atoms with van der Waals surface area (Å²) in [6.45, 7) is 0.957. The van der Waals surface area contributed by atoms with Gasteiger partial charge < -0.3 is 19.9 Å². The van der Waals surface area contributed by atoms with E-state index < -0.39 is 12.6 Å². The van der Waals surface area contributed by atoms with Crippen LogP contribution in [0.5, 0.6) is 11.5 Å². The quantitative estimate of drug-likeness (QED) is 0.304. The molecule has 36 heavy (non-hydrogen) atoms. The molecule has 0 radical (unpaired) electrons. The molecule has 0 saturated heterocycles. The monoisotopic (exact) mass is 485 g/mol. The predicted molar refractivity (Wildman–Crippen MR) is 137 cm³/mol. The van der Waals surface area contributed by atoms with Crippen molar-refractivity contribution in [2.45, 2.75) is 24.9 Å². The number of fused-ring (bicyclic) bond motifs is 2. The minimum Gasteiger partial charge on any atom is -0.489 e. The molecule has 1 aliphatic heterocycles. The van der Waals surface area contributed by atoms with Gasteiger partial charge in [-0.15, -0.1) is 0 Å². The lowest BCUT2D eigenvalue weighted by atomic mass is 9.83. The predicted octanol–water partition coefficient (Wildman–Crippen LogP) is 5.56. The fourth-order valence-corrected chi connectivity index (χ4v) is 4.93. The zero-order chi connectivity index (χ0) is 24.9. The highest BCUT2D eigenvalue weighted by molar-refractivity contribution is 5.85. The summed E-state index contributed by atoms with van der Waals surface area (Å²) in [6.07, 6.45) is 1.35. The molecule has 1 heterocycles. The van der Waals surface area contributed by atoms with E-state index in [-0.39, 0.29) is 17.8 Å². The number of hydrogen-bond acceptors (Lipinski definition) is 4. The van der Waals surface area contributed by atoms with Crippen LogP contribution >= 0.6 is 0 Å². The summed E-state index contributed by atoms with van der Waals surface area (Å²) >= 11 is 0. The molecule has 0 saturated carbocycles. The van der Waals surface area contributed by atoms with Gasteiger partial charge in [0.05, 0.1) is 0 Å². The van der Waals surface area contributed by atoms with Crippen molar-refractivity contribution in [2.24, 2.45) is 0 Å². The number of aliphatic carboxylic acids is 1. The van der Waals surface area contributed by atoms with Crippen molar-refractivity contribution in [3.8, 4) is 11.5 Å². The standard InChI is InChI=1S/C30H28FNO4/c31-28-13-12-22(35-19-30(33)34)16-27(28)26-17-23(36-29-11-4-3-10-25(26)29)18-32-15-14-21-8-5-7-20-6-1-2-9-24(20)21/h1-13,16,23,26,32H,14-15,17-19H2,(H,33,34)/t23-,26-/m1/s1. The molecule has 4 aromatic carbocycles. The van der Waals surface area contributed by atoms with Crippen LogP contribution in [-0.4, -0.2) is 36.9 Å². The van der Waals surface area contributed by atoms with Crippen LogP contribution < -0.4 is 14.8 Å². The molecule has 5 rings (SSSR count). The largest absolute Gasteiger partial charge is 0.489 e. The topological polar surface area (TPSA) is 67.8 Å². The van der Waals surface area contributed by atoms with Crippen molar-refractivity contribution in [2.75, 3.05) is 19.7 Å². The molecular weight excluding hydrogens is 457 g/mol. The average molecular weight is 486 g/mol. The zero-order valence-electron chi connectivity index (χ0n) is 19.8. The average Bonchev–Trinajstić information content (AvgIpc) is 2.90. The van der Waals surface area contributed by atoms with Gasteiger partial charge in [0, 0.05) is 18.0 Å². The van der Waals surface area contributed by atoms with Gasteiger partial charge in [0.2, 0.25) is 0 Å². The van der Waals surface area contributed by atoms with E-state index in [9.17, 15) is 9.18 Å². The molecule has 184 valence electrons. The Morgan fingerprint density at radius 2 is 1.81 bits per heavy atom. The normalized spacial score (nSPS) is 16.8. The van der Waals surface area contributed by atoms with E-state index in [0.717, 1.165) is 24.3 Å². The highest BCUT2D eigenvalue weighted by Gasteiger charge is 2.31. The summed E-state index contributed by atoms with van der Waals surface area (Å²) in [5.41, 5.74) is 2.70. The molecule has 0 aliphatic carbocycles. The van der Waals surface area contributed by atoms with E-state index in [1.165, 1.54) is 28.5 Å². The first-order chi connectivity index (χ1) is 17.6. The number of halogens is 1. The third-order valence-corrected chi connectivity index (χ3v) is 6.61. The van der Waals surface area contributed by atoms with Gasteiger partial charge in [-0.1, -0.05) is 60.7 Å². The Hall–Kier alpha value is -3.90. The summed E-state index contributed by atoms with van der Waals surface area (Å²) in [6, 6.07) is 26.9. The van der Waals surface area contributed by atoms with Gasteiger partial charge in [-0.3, -0.25) is 0 Å².